The molecular weight excluding hydrogens is 450 g/mol. The van der Waals surface area contributed by atoms with Gasteiger partial charge in [0.25, 0.3) is 0 Å². The van der Waals surface area contributed by atoms with Crippen molar-refractivity contribution in [1.82, 2.24) is 30.2 Å². The lowest BCUT2D eigenvalue weighted by molar-refractivity contribution is -0.138. The van der Waals surface area contributed by atoms with Crippen LogP contribution in [0.25, 0.3) is 11.2 Å². The number of aliphatic hydroxyl groups excluding tert-OH is 1. The fourth-order valence-electron chi connectivity index (χ4n) is 4.08. The van der Waals surface area contributed by atoms with Crippen molar-refractivity contribution < 1.29 is 24.2 Å². The van der Waals surface area contributed by atoms with Crippen LogP contribution in [0.2, 0.25) is 0 Å². The van der Waals surface area contributed by atoms with Crippen LogP contribution in [0.5, 0.6) is 0 Å². The molecule has 2 aliphatic heterocycles. The quantitative estimate of drug-likeness (QED) is 0.165. The number of aliphatic hydroxyl groups is 1. The fourth-order valence-corrected chi connectivity index (χ4v) is 5.62. The van der Waals surface area contributed by atoms with Crippen molar-refractivity contribution in [2.75, 3.05) is 18.6 Å². The molecule has 0 bridgehead atoms. The monoisotopic (exact) mass is 477 g/mol. The molecule has 0 aliphatic carbocycles. The Morgan fingerprint density at radius 3 is 3.06 bits per heavy atom. The van der Waals surface area contributed by atoms with E-state index in [2.05, 4.69) is 25.6 Å². The van der Waals surface area contributed by atoms with Crippen molar-refractivity contribution in [3.63, 3.8) is 0 Å². The first kappa shape index (κ1) is 23.3. The third-order valence-electron chi connectivity index (χ3n) is 5.73. The summed E-state index contributed by atoms with van der Waals surface area (Å²) in [6, 6.07) is 0.278. The van der Waals surface area contributed by atoms with Crippen LogP contribution in [0, 0.1) is 0 Å². The number of carbonyl (C=O) groups excluding carboxylic acids is 2. The van der Waals surface area contributed by atoms with E-state index in [1.807, 2.05) is 11.8 Å². The molecule has 0 aromatic carbocycles. The third kappa shape index (κ3) is 5.20. The van der Waals surface area contributed by atoms with Gasteiger partial charge in [-0.2, -0.15) is 11.8 Å². The van der Waals surface area contributed by atoms with Crippen molar-refractivity contribution in [3.8, 4) is 0 Å². The Labute approximate surface area is 194 Å². The molecule has 5 atom stereocenters. The Morgan fingerprint density at radius 1 is 1.39 bits per heavy atom. The van der Waals surface area contributed by atoms with Gasteiger partial charge in [0.15, 0.2) is 17.7 Å². The average Bonchev–Trinajstić information content (AvgIpc) is 3.47. The number of hydrogen-bond acceptors (Lipinski definition) is 10. The second-order valence-electron chi connectivity index (χ2n) is 7.89. The van der Waals surface area contributed by atoms with Crippen LogP contribution < -0.4 is 16.4 Å². The Hall–Kier alpha value is -2.90. The minimum Gasteiger partial charge on any atom is -0.435 e. The topological polar surface area (TPSA) is 167 Å². The molecule has 12 nitrogen and oxygen atoms in total. The van der Waals surface area contributed by atoms with Crippen molar-refractivity contribution >= 4 is 40.7 Å². The number of carbonyl (C=O) groups is 2. The van der Waals surface area contributed by atoms with Crippen LogP contribution in [0.4, 0.5) is 10.6 Å². The molecular formula is C20H27N7O5S. The number of urea groups is 1. The Morgan fingerprint density at radius 2 is 2.24 bits per heavy atom. The number of aromatic nitrogens is 4. The number of ether oxygens (including phenoxy) is 2. The highest BCUT2D eigenvalue weighted by Gasteiger charge is 2.42. The molecule has 0 radical (unpaired) electrons. The van der Waals surface area contributed by atoms with Gasteiger partial charge in [0.05, 0.1) is 24.7 Å². The summed E-state index contributed by atoms with van der Waals surface area (Å²) in [5.41, 5.74) is 6.61. The van der Waals surface area contributed by atoms with Gasteiger partial charge in [0.2, 0.25) is 0 Å². The lowest BCUT2D eigenvalue weighted by atomic mass is 10.0. The molecule has 4 heterocycles. The normalized spacial score (nSPS) is 23.9. The molecule has 2 saturated heterocycles. The Balaban J connectivity index is 1.20. The summed E-state index contributed by atoms with van der Waals surface area (Å²) in [7, 11) is 1.43. The molecule has 0 saturated carbocycles. The number of thioether (sulfide) groups is 1. The first-order valence-corrected chi connectivity index (χ1v) is 11.7. The summed E-state index contributed by atoms with van der Waals surface area (Å²) < 4.78 is 12.0. The first-order valence-electron chi connectivity index (χ1n) is 10.7. The Kier molecular flexibility index (Phi) is 7.30. The number of methoxy groups -OCH3 is 1. The largest absolute Gasteiger partial charge is 0.435 e. The van der Waals surface area contributed by atoms with E-state index >= 15 is 0 Å². The van der Waals surface area contributed by atoms with Crippen LogP contribution in [-0.2, 0) is 14.3 Å². The zero-order chi connectivity index (χ0) is 23.4. The predicted octanol–water partition coefficient (Wildman–Crippen LogP) is 0.697. The van der Waals surface area contributed by atoms with Crippen LogP contribution in [-0.4, -0.2) is 72.9 Å². The predicted molar refractivity (Wildman–Crippen MR) is 121 cm³/mol. The molecule has 2 fully saturated rings. The van der Waals surface area contributed by atoms with Crippen LogP contribution in [0.3, 0.4) is 0 Å². The molecule has 0 spiro atoms. The van der Waals surface area contributed by atoms with E-state index in [0.717, 1.165) is 18.6 Å². The zero-order valence-corrected chi connectivity index (χ0v) is 18.9. The molecule has 13 heteroatoms. The van der Waals surface area contributed by atoms with E-state index in [-0.39, 0.29) is 36.3 Å². The lowest BCUT2D eigenvalue weighted by Gasteiger charge is -2.20. The minimum absolute atomic E-state index is 0.0952. The van der Waals surface area contributed by atoms with Gasteiger partial charge in [-0.05, 0) is 18.9 Å². The number of hydrogen-bond donors (Lipinski definition) is 4. The van der Waals surface area contributed by atoms with E-state index in [9.17, 15) is 14.7 Å². The standard InChI is InChI=1S/C20H27N7O5S/c1-31-19(27-10-24-16-17(21)22-9-23-18(16)27)12(28)6-7-32-14(29)5-3-2-4-13-15-11(8-33-13)25-20(30)26-15/h6-7,9-13,15,19,28H,2-5,8H2,1H3,(H2,21,22,23)(H2,25,26,30)/b7-6+/t11-,12-,13-,15-,19?/m0/s1. The fraction of sp³-hybridized carbons (Fsp3) is 0.550. The number of amides is 2. The molecule has 33 heavy (non-hydrogen) atoms. The zero-order valence-electron chi connectivity index (χ0n) is 18.1. The summed E-state index contributed by atoms with van der Waals surface area (Å²) in [4.78, 5) is 35.6. The van der Waals surface area contributed by atoms with Gasteiger partial charge in [-0.1, -0.05) is 6.42 Å². The number of nitrogens with zero attached hydrogens (tertiary/aromatic N) is 4. The highest BCUT2D eigenvalue weighted by Crippen LogP contribution is 2.33. The average molecular weight is 478 g/mol. The van der Waals surface area contributed by atoms with Crippen LogP contribution in [0.15, 0.2) is 25.0 Å². The van der Waals surface area contributed by atoms with Crippen molar-refractivity contribution in [1.29, 1.82) is 0 Å². The first-order chi connectivity index (χ1) is 16.0. The summed E-state index contributed by atoms with van der Waals surface area (Å²) in [5, 5.41) is 16.7. The summed E-state index contributed by atoms with van der Waals surface area (Å²) in [5.74, 6) is 0.762. The van der Waals surface area contributed by atoms with E-state index < -0.39 is 12.3 Å². The Bertz CT molecular complexity index is 1030. The van der Waals surface area contributed by atoms with E-state index in [4.69, 9.17) is 15.2 Å². The maximum absolute atomic E-state index is 12.0. The molecule has 1 unspecified atom stereocenters. The highest BCUT2D eigenvalue weighted by molar-refractivity contribution is 8.00. The molecule has 2 aliphatic rings. The van der Waals surface area contributed by atoms with Gasteiger partial charge in [-0.3, -0.25) is 9.36 Å². The lowest BCUT2D eigenvalue weighted by Crippen LogP contribution is -2.36. The maximum Gasteiger partial charge on any atom is 0.315 e. The molecule has 2 aromatic heterocycles. The van der Waals surface area contributed by atoms with Crippen molar-refractivity contribution in [3.05, 3.63) is 25.0 Å². The molecule has 4 rings (SSSR count). The van der Waals surface area contributed by atoms with Gasteiger partial charge >= 0.3 is 12.0 Å². The van der Waals surface area contributed by atoms with Crippen molar-refractivity contribution in [2.45, 2.75) is 55.3 Å². The third-order valence-corrected chi connectivity index (χ3v) is 7.24. The van der Waals surface area contributed by atoms with E-state index in [1.165, 1.54) is 36.7 Å². The summed E-state index contributed by atoms with van der Waals surface area (Å²) in [6.45, 7) is 0. The van der Waals surface area contributed by atoms with Gasteiger partial charge in [-0.25, -0.2) is 19.7 Å². The number of imidazole rings is 1. The summed E-state index contributed by atoms with van der Waals surface area (Å²) >= 11 is 1.85. The number of anilines is 1. The van der Waals surface area contributed by atoms with Crippen LogP contribution in [0.1, 0.15) is 31.9 Å². The number of fused-ring (bicyclic) bond motifs is 2. The molecule has 2 aromatic rings. The number of rotatable bonds is 10. The number of nitrogens with one attached hydrogen (secondary N) is 2. The summed E-state index contributed by atoms with van der Waals surface area (Å²) in [6.07, 6.45) is 6.02. The second kappa shape index (κ2) is 10.4. The number of nitrogen functional groups attached to an aromatic ring is 1. The van der Waals surface area contributed by atoms with Gasteiger partial charge in [0, 0.05) is 24.5 Å². The van der Waals surface area contributed by atoms with Gasteiger partial charge < -0.3 is 30.9 Å². The highest BCUT2D eigenvalue weighted by atomic mass is 32.2. The number of esters is 1. The molecule has 2 amide bonds. The van der Waals surface area contributed by atoms with Gasteiger partial charge in [0.1, 0.15) is 17.9 Å². The van der Waals surface area contributed by atoms with Crippen LogP contribution >= 0.6 is 11.8 Å². The van der Waals surface area contributed by atoms with Gasteiger partial charge in [-0.15, -0.1) is 0 Å². The number of nitrogens with two attached hydrogens (primary N) is 1. The second-order valence-corrected chi connectivity index (χ2v) is 9.16. The van der Waals surface area contributed by atoms with E-state index in [1.54, 1.807) is 0 Å². The molecule has 5 N–H and O–H groups in total. The maximum atomic E-state index is 12.0. The van der Waals surface area contributed by atoms with Crippen molar-refractivity contribution in [2.24, 2.45) is 0 Å². The SMILES string of the molecule is COC([C@@H](O)/C=C/OC(=O)CCCC[C@@H]1SC[C@@H]2NC(=O)N[C@@H]21)n1cnc2c(N)ncnc21. The minimum atomic E-state index is -1.13. The number of unbranched alkanes of at least 4 members (excludes halogenated alkanes) is 1. The smallest absolute Gasteiger partial charge is 0.315 e. The van der Waals surface area contributed by atoms with E-state index in [0.29, 0.717) is 22.8 Å². The molecule has 178 valence electrons.